The molecule has 29 heavy (non-hydrogen) atoms. The van der Waals surface area contributed by atoms with E-state index >= 15 is 0 Å². The Labute approximate surface area is 169 Å². The molecular formula is C20H22FN3O4S. The summed E-state index contributed by atoms with van der Waals surface area (Å²) in [6, 6.07) is 12.1. The number of nitrogens with zero attached hydrogens (tertiary/aromatic N) is 2. The van der Waals surface area contributed by atoms with E-state index in [0.29, 0.717) is 13.1 Å². The number of carbonyl (C=O) groups is 1. The molecule has 2 aromatic rings. The van der Waals surface area contributed by atoms with E-state index in [1.54, 1.807) is 4.90 Å². The summed E-state index contributed by atoms with van der Waals surface area (Å²) in [5.74, 6) is -0.488. The SMILES string of the molecule is Cc1ccccc1NC(=O)N1C[C@@H]2CN(S(=O)(=O)c3ccc(F)cc3)C[C@H](C1)O2. The van der Waals surface area contributed by atoms with Gasteiger partial charge in [0.1, 0.15) is 5.82 Å². The number of nitrogens with one attached hydrogen (secondary N) is 1. The lowest BCUT2D eigenvalue weighted by molar-refractivity contribution is -0.110. The molecule has 2 amide bonds. The number of urea groups is 1. The number of hydrogen-bond acceptors (Lipinski definition) is 4. The molecule has 154 valence electrons. The van der Waals surface area contributed by atoms with E-state index in [1.807, 2.05) is 31.2 Å². The maximum absolute atomic E-state index is 13.1. The second-order valence-corrected chi connectivity index (χ2v) is 9.24. The van der Waals surface area contributed by atoms with Crippen molar-refractivity contribution in [3.05, 3.63) is 59.9 Å². The van der Waals surface area contributed by atoms with Gasteiger partial charge in [-0.2, -0.15) is 4.31 Å². The number of para-hydroxylation sites is 1. The molecule has 0 aromatic heterocycles. The van der Waals surface area contributed by atoms with Crippen molar-refractivity contribution in [3.8, 4) is 0 Å². The summed E-state index contributed by atoms with van der Waals surface area (Å²) in [7, 11) is -3.75. The number of amides is 2. The van der Waals surface area contributed by atoms with E-state index in [-0.39, 0.29) is 24.0 Å². The van der Waals surface area contributed by atoms with Gasteiger partial charge in [0.2, 0.25) is 10.0 Å². The average Bonchev–Trinajstić information content (AvgIpc) is 2.69. The Morgan fingerprint density at radius 1 is 1.03 bits per heavy atom. The normalized spacial score (nSPS) is 22.3. The largest absolute Gasteiger partial charge is 0.369 e. The Bertz CT molecular complexity index is 999. The number of anilines is 1. The second kappa shape index (κ2) is 7.74. The number of rotatable bonds is 3. The minimum atomic E-state index is -3.75. The Morgan fingerprint density at radius 2 is 1.66 bits per heavy atom. The van der Waals surface area contributed by atoms with Crippen LogP contribution < -0.4 is 5.32 Å². The van der Waals surface area contributed by atoms with Crippen molar-refractivity contribution in [2.75, 3.05) is 31.5 Å². The van der Waals surface area contributed by atoms with Gasteiger partial charge in [-0.3, -0.25) is 0 Å². The van der Waals surface area contributed by atoms with Crippen molar-refractivity contribution in [3.63, 3.8) is 0 Å². The van der Waals surface area contributed by atoms with Crippen molar-refractivity contribution in [1.82, 2.24) is 9.21 Å². The van der Waals surface area contributed by atoms with Crippen molar-refractivity contribution < 1.29 is 22.3 Å². The van der Waals surface area contributed by atoms with Gasteiger partial charge in [-0.05, 0) is 42.8 Å². The first-order valence-electron chi connectivity index (χ1n) is 9.35. The maximum Gasteiger partial charge on any atom is 0.322 e. The lowest BCUT2D eigenvalue weighted by Crippen LogP contribution is -2.61. The molecule has 9 heteroatoms. The van der Waals surface area contributed by atoms with Crippen LogP contribution in [0.1, 0.15) is 5.56 Å². The number of benzene rings is 2. The smallest absolute Gasteiger partial charge is 0.322 e. The first kappa shape index (κ1) is 19.8. The molecule has 2 aliphatic rings. The first-order valence-corrected chi connectivity index (χ1v) is 10.8. The molecule has 0 radical (unpaired) electrons. The van der Waals surface area contributed by atoms with Crippen LogP contribution in [0.5, 0.6) is 0 Å². The fraction of sp³-hybridized carbons (Fsp3) is 0.350. The number of sulfonamides is 1. The van der Waals surface area contributed by atoms with Crippen LogP contribution in [-0.4, -0.2) is 62.0 Å². The van der Waals surface area contributed by atoms with Gasteiger partial charge in [0, 0.05) is 18.8 Å². The fourth-order valence-corrected chi connectivity index (χ4v) is 5.18. The fourth-order valence-electron chi connectivity index (χ4n) is 3.68. The highest BCUT2D eigenvalue weighted by Gasteiger charge is 2.41. The minimum absolute atomic E-state index is 0.0491. The van der Waals surface area contributed by atoms with Gasteiger partial charge in [0.15, 0.2) is 0 Å². The molecule has 4 rings (SSSR count). The molecule has 0 saturated carbocycles. The van der Waals surface area contributed by atoms with E-state index in [4.69, 9.17) is 4.74 Å². The molecule has 2 aromatic carbocycles. The third kappa shape index (κ3) is 4.12. The topological polar surface area (TPSA) is 79.0 Å². The number of ether oxygens (including phenoxy) is 1. The molecule has 2 fully saturated rings. The van der Waals surface area contributed by atoms with Crippen molar-refractivity contribution in [2.24, 2.45) is 0 Å². The van der Waals surface area contributed by atoms with E-state index in [0.717, 1.165) is 23.4 Å². The van der Waals surface area contributed by atoms with Gasteiger partial charge in [-0.15, -0.1) is 0 Å². The van der Waals surface area contributed by atoms with Crippen LogP contribution in [0, 0.1) is 12.7 Å². The van der Waals surface area contributed by atoms with Crippen molar-refractivity contribution in [2.45, 2.75) is 24.0 Å². The lowest BCUT2D eigenvalue weighted by Gasteiger charge is -2.45. The highest BCUT2D eigenvalue weighted by atomic mass is 32.2. The van der Waals surface area contributed by atoms with Gasteiger partial charge in [0.25, 0.3) is 0 Å². The molecule has 2 atom stereocenters. The Balaban J connectivity index is 1.44. The zero-order valence-corrected chi connectivity index (χ0v) is 16.7. The summed E-state index contributed by atoms with van der Waals surface area (Å²) in [4.78, 5) is 14.4. The average molecular weight is 419 g/mol. The summed E-state index contributed by atoms with van der Waals surface area (Å²) < 4.78 is 46.1. The summed E-state index contributed by atoms with van der Waals surface area (Å²) in [6.45, 7) is 2.80. The molecule has 0 unspecified atom stereocenters. The third-order valence-corrected chi connectivity index (χ3v) is 7.02. The monoisotopic (exact) mass is 419 g/mol. The van der Waals surface area contributed by atoms with Crippen LogP contribution in [0.2, 0.25) is 0 Å². The van der Waals surface area contributed by atoms with Crippen LogP contribution in [0.15, 0.2) is 53.4 Å². The molecule has 2 saturated heterocycles. The maximum atomic E-state index is 13.1. The first-order chi connectivity index (χ1) is 13.8. The Hall–Kier alpha value is -2.49. The Kier molecular flexibility index (Phi) is 5.28. The predicted octanol–water partition coefficient (Wildman–Crippen LogP) is 2.44. The number of carbonyl (C=O) groups excluding carboxylic acids is 1. The van der Waals surface area contributed by atoms with E-state index in [1.165, 1.54) is 16.4 Å². The number of hydrogen-bond donors (Lipinski definition) is 1. The summed E-state index contributed by atoms with van der Waals surface area (Å²) in [5, 5.41) is 2.91. The van der Waals surface area contributed by atoms with E-state index in [9.17, 15) is 17.6 Å². The van der Waals surface area contributed by atoms with E-state index in [2.05, 4.69) is 5.32 Å². The molecule has 0 aliphatic carbocycles. The number of fused-ring (bicyclic) bond motifs is 2. The number of halogens is 1. The molecule has 1 N–H and O–H groups in total. The zero-order valence-electron chi connectivity index (χ0n) is 15.9. The predicted molar refractivity (Wildman–Crippen MR) is 106 cm³/mol. The quantitative estimate of drug-likeness (QED) is 0.829. The second-order valence-electron chi connectivity index (χ2n) is 7.31. The zero-order chi connectivity index (χ0) is 20.6. The van der Waals surface area contributed by atoms with Gasteiger partial charge < -0.3 is 15.0 Å². The van der Waals surface area contributed by atoms with Crippen LogP contribution in [0.25, 0.3) is 0 Å². The van der Waals surface area contributed by atoms with Gasteiger partial charge in [-0.25, -0.2) is 17.6 Å². The summed E-state index contributed by atoms with van der Waals surface area (Å²) in [5.41, 5.74) is 1.71. The lowest BCUT2D eigenvalue weighted by atomic mass is 10.1. The van der Waals surface area contributed by atoms with Crippen LogP contribution in [0.4, 0.5) is 14.9 Å². The van der Waals surface area contributed by atoms with E-state index < -0.39 is 28.0 Å². The molecule has 7 nitrogen and oxygen atoms in total. The molecule has 2 heterocycles. The summed E-state index contributed by atoms with van der Waals surface area (Å²) >= 11 is 0. The highest BCUT2D eigenvalue weighted by molar-refractivity contribution is 7.89. The van der Waals surface area contributed by atoms with Crippen LogP contribution in [0.3, 0.4) is 0 Å². The molecule has 0 spiro atoms. The number of aryl methyl sites for hydroxylation is 1. The summed E-state index contributed by atoms with van der Waals surface area (Å²) in [6.07, 6.45) is -0.833. The van der Waals surface area contributed by atoms with Crippen LogP contribution >= 0.6 is 0 Å². The van der Waals surface area contributed by atoms with Crippen molar-refractivity contribution >= 4 is 21.7 Å². The number of morpholine rings is 2. The van der Waals surface area contributed by atoms with Gasteiger partial charge in [0.05, 0.1) is 30.2 Å². The van der Waals surface area contributed by atoms with Gasteiger partial charge >= 0.3 is 6.03 Å². The standard InChI is InChI=1S/C20H22FN3O4S/c1-14-4-2-3-5-19(14)22-20(25)23-10-16-12-24(13-17(11-23)28-16)29(26,27)18-8-6-15(21)7-9-18/h2-9,16-17H,10-13H2,1H3,(H,22,25)/t16-,17+. The minimum Gasteiger partial charge on any atom is -0.369 e. The van der Waals surface area contributed by atoms with Crippen molar-refractivity contribution in [1.29, 1.82) is 0 Å². The molecule has 2 aliphatic heterocycles. The molecule has 2 bridgehead atoms. The highest BCUT2D eigenvalue weighted by Crippen LogP contribution is 2.25. The molecular weight excluding hydrogens is 397 g/mol. The Morgan fingerprint density at radius 3 is 2.28 bits per heavy atom. The van der Waals surface area contributed by atoms with Crippen LogP contribution in [-0.2, 0) is 14.8 Å². The van der Waals surface area contributed by atoms with Gasteiger partial charge in [-0.1, -0.05) is 18.2 Å². The third-order valence-electron chi connectivity index (χ3n) is 5.17.